The normalized spacial score (nSPS) is 51.0. The van der Waals surface area contributed by atoms with E-state index in [4.69, 9.17) is 0 Å². The second-order valence-corrected chi connectivity index (χ2v) is 15.1. The number of hydrogen-bond acceptors (Lipinski definition) is 4. The van der Waals surface area contributed by atoms with Gasteiger partial charge in [-0.1, -0.05) is 53.2 Å². The van der Waals surface area contributed by atoms with Crippen LogP contribution in [0.5, 0.6) is 0 Å². The molecule has 0 amide bonds. The molecule has 0 aromatic heterocycles. The summed E-state index contributed by atoms with van der Waals surface area (Å²) < 4.78 is 0. The van der Waals surface area contributed by atoms with Gasteiger partial charge in [0.1, 0.15) is 0 Å². The summed E-state index contributed by atoms with van der Waals surface area (Å²) in [5.41, 5.74) is -2.77. The van der Waals surface area contributed by atoms with E-state index >= 15 is 0 Å². The number of rotatable bonds is 2. The second kappa shape index (κ2) is 7.59. The summed E-state index contributed by atoms with van der Waals surface area (Å²) in [7, 11) is 0. The van der Waals surface area contributed by atoms with Crippen molar-refractivity contribution in [2.24, 2.45) is 50.2 Å². The van der Waals surface area contributed by atoms with Gasteiger partial charge in [0.15, 0.2) is 0 Å². The van der Waals surface area contributed by atoms with Crippen molar-refractivity contribution in [1.29, 1.82) is 0 Å². The second-order valence-electron chi connectivity index (χ2n) is 15.1. The number of aliphatic hydroxyl groups is 2. The summed E-state index contributed by atoms with van der Waals surface area (Å²) in [6, 6.07) is 0. The molecule has 0 unspecified atom stereocenters. The summed E-state index contributed by atoms with van der Waals surface area (Å²) in [5, 5.41) is 44.2. The fourth-order valence-electron chi connectivity index (χ4n) is 10.9. The van der Waals surface area contributed by atoms with Crippen molar-refractivity contribution in [3.63, 3.8) is 0 Å². The fourth-order valence-corrected chi connectivity index (χ4v) is 10.9. The average molecular weight is 503 g/mol. The molecule has 0 aromatic rings. The maximum absolute atomic E-state index is 13.5. The van der Waals surface area contributed by atoms with Crippen molar-refractivity contribution < 1.29 is 30.0 Å². The van der Waals surface area contributed by atoms with Crippen molar-refractivity contribution >= 4 is 11.9 Å². The number of carboxylic acids is 2. The van der Waals surface area contributed by atoms with E-state index in [9.17, 15) is 30.0 Å². The molecule has 9 atom stereocenters. The Hall–Kier alpha value is -1.40. The Morgan fingerprint density at radius 1 is 0.861 bits per heavy atom. The van der Waals surface area contributed by atoms with Gasteiger partial charge in [-0.3, -0.25) is 9.59 Å². The zero-order chi connectivity index (χ0) is 26.7. The number of carboxylic acid groups (broad SMARTS) is 2. The number of allylic oxidation sites excluding steroid dienone is 1. The first-order valence-electron chi connectivity index (χ1n) is 14.0. The van der Waals surface area contributed by atoms with Gasteiger partial charge in [-0.25, -0.2) is 0 Å². The Kier molecular flexibility index (Phi) is 5.53. The zero-order valence-electron chi connectivity index (χ0n) is 22.9. The monoisotopic (exact) mass is 502 g/mol. The van der Waals surface area contributed by atoms with Gasteiger partial charge in [-0.15, -0.1) is 0 Å². The molecule has 0 radical (unpaired) electrons. The molecule has 0 aromatic carbocycles. The number of carbonyl (C=O) groups is 2. The van der Waals surface area contributed by atoms with Gasteiger partial charge in [-0.05, 0) is 97.2 Å². The molecule has 6 nitrogen and oxygen atoms in total. The molecule has 202 valence electrons. The maximum atomic E-state index is 13.5. The van der Waals surface area contributed by atoms with Crippen LogP contribution in [0.4, 0.5) is 0 Å². The van der Waals surface area contributed by atoms with Crippen LogP contribution in [-0.4, -0.2) is 44.6 Å². The van der Waals surface area contributed by atoms with Gasteiger partial charge in [0.25, 0.3) is 0 Å². The first-order chi connectivity index (χ1) is 16.5. The lowest BCUT2D eigenvalue weighted by molar-refractivity contribution is -0.245. The van der Waals surface area contributed by atoms with Crippen molar-refractivity contribution in [2.45, 2.75) is 112 Å². The highest BCUT2D eigenvalue weighted by Gasteiger charge is 2.74. The Morgan fingerprint density at radius 3 is 2.11 bits per heavy atom. The van der Waals surface area contributed by atoms with Crippen LogP contribution in [0, 0.1) is 50.2 Å². The van der Waals surface area contributed by atoms with Gasteiger partial charge in [0, 0.05) is 0 Å². The molecule has 0 bridgehead atoms. The third kappa shape index (κ3) is 2.98. The highest BCUT2D eigenvalue weighted by atomic mass is 16.4. The molecule has 5 rings (SSSR count). The lowest BCUT2D eigenvalue weighted by Gasteiger charge is -2.71. The fraction of sp³-hybridized carbons (Fsp3) is 0.867. The van der Waals surface area contributed by atoms with Crippen LogP contribution in [0.2, 0.25) is 0 Å². The van der Waals surface area contributed by atoms with Crippen LogP contribution < -0.4 is 0 Å². The minimum absolute atomic E-state index is 0.0407. The quantitative estimate of drug-likeness (QED) is 0.383. The topological polar surface area (TPSA) is 115 Å². The van der Waals surface area contributed by atoms with E-state index in [0.717, 1.165) is 18.4 Å². The molecule has 0 heterocycles. The van der Waals surface area contributed by atoms with Crippen molar-refractivity contribution in [3.8, 4) is 0 Å². The van der Waals surface area contributed by atoms with E-state index in [1.807, 2.05) is 0 Å². The average Bonchev–Trinajstić information content (AvgIpc) is 2.75. The summed E-state index contributed by atoms with van der Waals surface area (Å²) >= 11 is 0. The first-order valence-corrected chi connectivity index (χ1v) is 14.0. The molecule has 0 saturated heterocycles. The van der Waals surface area contributed by atoms with Gasteiger partial charge in [-0.2, -0.15) is 0 Å². The minimum atomic E-state index is -1.18. The van der Waals surface area contributed by atoms with Gasteiger partial charge in [0.2, 0.25) is 0 Å². The van der Waals surface area contributed by atoms with Crippen molar-refractivity contribution in [2.75, 3.05) is 0 Å². The van der Waals surface area contributed by atoms with E-state index in [0.29, 0.717) is 44.9 Å². The van der Waals surface area contributed by atoms with E-state index in [1.54, 1.807) is 0 Å². The molecular weight excluding hydrogens is 456 g/mol. The molecule has 4 fully saturated rings. The molecule has 4 saturated carbocycles. The minimum Gasteiger partial charge on any atom is -0.481 e. The standard InChI is InChI=1S/C30H46O6/c1-25(2)11-12-29(23(33)34)13-14-30(24(35)36)17(18(29)15-25)7-8-20-27(5)10-9-21(32)26(3,4)22(27)19(31)16-28(20,30)6/h7,18-22,31-32H,8-16H2,1-6H3,(H,33,34)(H,35,36)/t18-,19-,20+,21-,22-,27+,28+,29-,30+/m0/s1. The largest absolute Gasteiger partial charge is 0.481 e. The van der Waals surface area contributed by atoms with Gasteiger partial charge >= 0.3 is 11.9 Å². The summed E-state index contributed by atoms with van der Waals surface area (Å²) in [6.07, 6.45) is 6.19. The maximum Gasteiger partial charge on any atom is 0.314 e. The third-order valence-electron chi connectivity index (χ3n) is 12.7. The molecule has 0 aliphatic heterocycles. The molecule has 5 aliphatic rings. The molecular formula is C30H46O6. The molecule has 5 aliphatic carbocycles. The summed E-state index contributed by atoms with van der Waals surface area (Å²) in [4.78, 5) is 26.3. The van der Waals surface area contributed by atoms with E-state index in [-0.39, 0.29) is 28.6 Å². The summed E-state index contributed by atoms with van der Waals surface area (Å²) in [5.74, 6) is -2.02. The molecule has 36 heavy (non-hydrogen) atoms. The first kappa shape index (κ1) is 26.2. The van der Waals surface area contributed by atoms with E-state index in [2.05, 4.69) is 47.6 Å². The number of aliphatic hydroxyl groups excluding tert-OH is 2. The van der Waals surface area contributed by atoms with Crippen LogP contribution in [0.3, 0.4) is 0 Å². The summed E-state index contributed by atoms with van der Waals surface area (Å²) in [6.45, 7) is 12.8. The number of aliphatic carboxylic acids is 2. The zero-order valence-corrected chi connectivity index (χ0v) is 22.9. The van der Waals surface area contributed by atoms with Crippen LogP contribution >= 0.6 is 0 Å². The van der Waals surface area contributed by atoms with Crippen LogP contribution in [0.1, 0.15) is 99.3 Å². The van der Waals surface area contributed by atoms with E-state index in [1.165, 1.54) is 0 Å². The Labute approximate surface area is 215 Å². The molecule has 4 N–H and O–H groups in total. The Morgan fingerprint density at radius 2 is 1.50 bits per heavy atom. The van der Waals surface area contributed by atoms with Crippen LogP contribution in [0.25, 0.3) is 0 Å². The number of fused-ring (bicyclic) bond motifs is 7. The SMILES string of the molecule is CC1(C)CC[C@]2(C(=O)O)CC[C@]3(C(=O)O)C(=CC[C@@H]4[C@@]5(C)CC[C@H](O)C(C)(C)[C@@H]5[C@@H](O)C[C@]43C)[C@@H]2C1. The van der Waals surface area contributed by atoms with Crippen LogP contribution in [-0.2, 0) is 9.59 Å². The lowest BCUT2D eigenvalue weighted by Crippen LogP contribution is -2.70. The molecule has 0 spiro atoms. The predicted octanol–water partition coefficient (Wildman–Crippen LogP) is 5.27. The van der Waals surface area contributed by atoms with Gasteiger partial charge in [0.05, 0.1) is 23.0 Å². The highest BCUT2D eigenvalue weighted by molar-refractivity contribution is 5.84. The van der Waals surface area contributed by atoms with Crippen molar-refractivity contribution in [1.82, 2.24) is 0 Å². The van der Waals surface area contributed by atoms with Gasteiger partial charge < -0.3 is 20.4 Å². The lowest BCUT2D eigenvalue weighted by atomic mass is 9.32. The van der Waals surface area contributed by atoms with Crippen LogP contribution in [0.15, 0.2) is 11.6 Å². The Bertz CT molecular complexity index is 1010. The Balaban J connectivity index is 1.70. The van der Waals surface area contributed by atoms with Crippen molar-refractivity contribution in [3.05, 3.63) is 11.6 Å². The third-order valence-corrected chi connectivity index (χ3v) is 12.7. The molecule has 6 heteroatoms. The highest BCUT2D eigenvalue weighted by Crippen LogP contribution is 2.75. The van der Waals surface area contributed by atoms with E-state index < -0.39 is 45.8 Å². The smallest absolute Gasteiger partial charge is 0.314 e. The number of hydrogen-bond donors (Lipinski definition) is 4. The predicted molar refractivity (Wildman–Crippen MR) is 136 cm³/mol.